The Bertz CT molecular complexity index is 1270. The number of hydrogen-bond acceptors (Lipinski definition) is 3. The van der Waals surface area contributed by atoms with Crippen molar-refractivity contribution in [2.75, 3.05) is 6.54 Å². The number of rotatable bonds is 7. The van der Waals surface area contributed by atoms with Crippen LogP contribution in [0, 0.1) is 0 Å². The van der Waals surface area contributed by atoms with Crippen molar-refractivity contribution in [3.63, 3.8) is 0 Å². The SMILES string of the molecule is O=C(N[C@@H](Cc1ccccc1)c1ccccc1)c1cc2n(n1)CCN(Cc1ccccc1)C2=O. The van der Waals surface area contributed by atoms with Crippen molar-refractivity contribution in [2.45, 2.75) is 25.6 Å². The highest BCUT2D eigenvalue weighted by Gasteiger charge is 2.28. The first kappa shape index (κ1) is 21.6. The first-order valence-corrected chi connectivity index (χ1v) is 11.5. The standard InChI is InChI=1S/C28H26N4O2/c33-27(29-24(23-14-8-3-9-15-23)18-21-10-4-1-5-11-21)25-19-26-28(34)31(16-17-32(26)30-25)20-22-12-6-2-7-13-22/h1-15,19,24H,16-18,20H2,(H,29,33)/t24-/m0/s1. The Balaban J connectivity index is 1.33. The van der Waals surface area contributed by atoms with E-state index in [0.29, 0.717) is 31.7 Å². The molecule has 34 heavy (non-hydrogen) atoms. The van der Waals surface area contributed by atoms with Gasteiger partial charge in [-0.15, -0.1) is 0 Å². The minimum atomic E-state index is -0.283. The molecule has 4 aromatic rings. The predicted octanol–water partition coefficient (Wildman–Crippen LogP) is 4.25. The van der Waals surface area contributed by atoms with Crippen LogP contribution in [0.2, 0.25) is 0 Å². The fraction of sp³-hybridized carbons (Fsp3) is 0.179. The Kier molecular flexibility index (Phi) is 6.21. The minimum Gasteiger partial charge on any atom is -0.344 e. The van der Waals surface area contributed by atoms with Crippen LogP contribution in [0.15, 0.2) is 97.1 Å². The highest BCUT2D eigenvalue weighted by molar-refractivity contribution is 5.98. The quantitative estimate of drug-likeness (QED) is 0.458. The number of hydrogen-bond donors (Lipinski definition) is 1. The van der Waals surface area contributed by atoms with Crippen molar-refractivity contribution in [1.29, 1.82) is 0 Å². The van der Waals surface area contributed by atoms with E-state index in [4.69, 9.17) is 0 Å². The molecular weight excluding hydrogens is 424 g/mol. The summed E-state index contributed by atoms with van der Waals surface area (Å²) < 4.78 is 1.65. The van der Waals surface area contributed by atoms with Gasteiger partial charge in [-0.25, -0.2) is 0 Å². The molecule has 0 radical (unpaired) electrons. The maximum Gasteiger partial charge on any atom is 0.272 e. The van der Waals surface area contributed by atoms with Crippen LogP contribution in [0.5, 0.6) is 0 Å². The summed E-state index contributed by atoms with van der Waals surface area (Å²) in [5, 5.41) is 7.59. The van der Waals surface area contributed by atoms with Gasteiger partial charge in [0.1, 0.15) is 5.69 Å². The van der Waals surface area contributed by atoms with Gasteiger partial charge in [-0.3, -0.25) is 14.3 Å². The zero-order valence-electron chi connectivity index (χ0n) is 18.8. The van der Waals surface area contributed by atoms with Crippen LogP contribution >= 0.6 is 0 Å². The van der Waals surface area contributed by atoms with Crippen LogP contribution in [0.3, 0.4) is 0 Å². The molecule has 5 rings (SSSR count). The summed E-state index contributed by atoms with van der Waals surface area (Å²) in [7, 11) is 0. The summed E-state index contributed by atoms with van der Waals surface area (Å²) >= 11 is 0. The fourth-order valence-corrected chi connectivity index (χ4v) is 4.32. The Morgan fingerprint density at radius 1 is 0.853 bits per heavy atom. The Morgan fingerprint density at radius 2 is 1.47 bits per heavy atom. The Hall–Kier alpha value is -4.19. The second kappa shape index (κ2) is 9.75. The lowest BCUT2D eigenvalue weighted by Gasteiger charge is -2.27. The van der Waals surface area contributed by atoms with E-state index in [0.717, 1.165) is 16.7 Å². The molecule has 3 aromatic carbocycles. The molecule has 0 saturated heterocycles. The van der Waals surface area contributed by atoms with Gasteiger partial charge < -0.3 is 10.2 Å². The molecule has 6 nitrogen and oxygen atoms in total. The molecule has 0 bridgehead atoms. The maximum atomic E-state index is 13.2. The van der Waals surface area contributed by atoms with Crippen molar-refractivity contribution in [3.8, 4) is 0 Å². The highest BCUT2D eigenvalue weighted by atomic mass is 16.2. The average Bonchev–Trinajstić information content (AvgIpc) is 3.33. The second-order valence-electron chi connectivity index (χ2n) is 8.48. The topological polar surface area (TPSA) is 67.2 Å². The van der Waals surface area contributed by atoms with Crippen molar-refractivity contribution in [3.05, 3.63) is 125 Å². The lowest BCUT2D eigenvalue weighted by atomic mass is 9.98. The smallest absolute Gasteiger partial charge is 0.272 e. The molecule has 1 aliphatic rings. The maximum absolute atomic E-state index is 13.2. The van der Waals surface area contributed by atoms with E-state index in [1.165, 1.54) is 0 Å². The number of amides is 2. The molecule has 1 aromatic heterocycles. The van der Waals surface area contributed by atoms with E-state index in [2.05, 4.69) is 22.5 Å². The summed E-state index contributed by atoms with van der Waals surface area (Å²) in [5.74, 6) is -0.389. The molecule has 1 atom stereocenters. The van der Waals surface area contributed by atoms with Gasteiger partial charge in [0.15, 0.2) is 5.69 Å². The van der Waals surface area contributed by atoms with E-state index in [9.17, 15) is 9.59 Å². The van der Waals surface area contributed by atoms with Gasteiger partial charge in [0.2, 0.25) is 0 Å². The second-order valence-corrected chi connectivity index (χ2v) is 8.48. The average molecular weight is 451 g/mol. The predicted molar refractivity (Wildman–Crippen MR) is 130 cm³/mol. The van der Waals surface area contributed by atoms with Gasteiger partial charge in [-0.1, -0.05) is 91.0 Å². The van der Waals surface area contributed by atoms with E-state index < -0.39 is 0 Å². The molecule has 0 saturated carbocycles. The van der Waals surface area contributed by atoms with Crippen LogP contribution in [-0.2, 0) is 19.5 Å². The monoisotopic (exact) mass is 450 g/mol. The molecule has 0 fully saturated rings. The summed E-state index contributed by atoms with van der Waals surface area (Å²) in [6, 6.07) is 31.3. The number of carbonyl (C=O) groups excluding carboxylic acids is 2. The first-order chi connectivity index (χ1) is 16.7. The normalized spacial score (nSPS) is 13.9. The van der Waals surface area contributed by atoms with Crippen LogP contribution in [-0.4, -0.2) is 33.0 Å². The Morgan fingerprint density at radius 3 is 2.15 bits per heavy atom. The molecule has 1 aliphatic heterocycles. The molecule has 6 heteroatoms. The van der Waals surface area contributed by atoms with Crippen LogP contribution in [0.25, 0.3) is 0 Å². The van der Waals surface area contributed by atoms with Gasteiger partial charge in [0, 0.05) is 19.2 Å². The summed E-state index contributed by atoms with van der Waals surface area (Å²) in [6.07, 6.45) is 0.661. The van der Waals surface area contributed by atoms with E-state index in [1.54, 1.807) is 15.6 Å². The molecule has 0 spiro atoms. The third-order valence-corrected chi connectivity index (χ3v) is 6.11. The highest BCUT2D eigenvalue weighted by Crippen LogP contribution is 2.21. The third kappa shape index (κ3) is 4.76. The third-order valence-electron chi connectivity index (χ3n) is 6.11. The number of carbonyl (C=O) groups is 2. The summed E-state index contributed by atoms with van der Waals surface area (Å²) in [6.45, 7) is 1.66. The first-order valence-electron chi connectivity index (χ1n) is 11.5. The fourth-order valence-electron chi connectivity index (χ4n) is 4.32. The zero-order chi connectivity index (χ0) is 23.3. The van der Waals surface area contributed by atoms with Gasteiger partial charge in [0.05, 0.1) is 12.6 Å². The molecule has 2 heterocycles. The van der Waals surface area contributed by atoms with Crippen molar-refractivity contribution < 1.29 is 9.59 Å². The van der Waals surface area contributed by atoms with Crippen molar-refractivity contribution in [2.24, 2.45) is 0 Å². The molecular formula is C28H26N4O2. The van der Waals surface area contributed by atoms with Crippen LogP contribution in [0.4, 0.5) is 0 Å². The van der Waals surface area contributed by atoms with Crippen LogP contribution in [0.1, 0.15) is 43.7 Å². The molecule has 0 aliphatic carbocycles. The van der Waals surface area contributed by atoms with E-state index in [-0.39, 0.29) is 23.6 Å². The van der Waals surface area contributed by atoms with Crippen LogP contribution < -0.4 is 5.32 Å². The van der Waals surface area contributed by atoms with Gasteiger partial charge in [-0.2, -0.15) is 5.10 Å². The van der Waals surface area contributed by atoms with Gasteiger partial charge in [0.25, 0.3) is 11.8 Å². The molecule has 170 valence electrons. The van der Waals surface area contributed by atoms with E-state index in [1.807, 2.05) is 78.9 Å². The Labute approximate surface area is 198 Å². The van der Waals surface area contributed by atoms with Crippen molar-refractivity contribution in [1.82, 2.24) is 20.0 Å². The lowest BCUT2D eigenvalue weighted by Crippen LogP contribution is -2.39. The number of nitrogens with one attached hydrogen (secondary N) is 1. The number of nitrogens with zero attached hydrogens (tertiary/aromatic N) is 3. The largest absolute Gasteiger partial charge is 0.344 e. The molecule has 1 N–H and O–H groups in total. The molecule has 0 unspecified atom stereocenters. The number of fused-ring (bicyclic) bond motifs is 1. The summed E-state index contributed by atoms with van der Waals surface area (Å²) in [5.41, 5.74) is 3.94. The van der Waals surface area contributed by atoms with Crippen molar-refractivity contribution >= 4 is 11.8 Å². The number of benzene rings is 3. The van der Waals surface area contributed by atoms with E-state index >= 15 is 0 Å². The summed E-state index contributed by atoms with van der Waals surface area (Å²) in [4.78, 5) is 28.1. The van der Waals surface area contributed by atoms with Gasteiger partial charge >= 0.3 is 0 Å². The minimum absolute atomic E-state index is 0.106. The zero-order valence-corrected chi connectivity index (χ0v) is 18.8. The molecule has 2 amide bonds. The van der Waals surface area contributed by atoms with Gasteiger partial charge in [-0.05, 0) is 23.1 Å². The lowest BCUT2D eigenvalue weighted by molar-refractivity contribution is 0.0683. The number of aromatic nitrogens is 2.